The van der Waals surface area contributed by atoms with E-state index in [0.29, 0.717) is 0 Å². The molecule has 1 aliphatic heterocycles. The number of ether oxygens (including phenoxy) is 2. The van der Waals surface area contributed by atoms with Crippen molar-refractivity contribution in [2.45, 2.75) is 44.2 Å². The standard InChI is InChI=1S/C14H20O6/c1-8-2-4-9(5-3-8)7-19-13-12(17)11(16)10(6-15)20-14(13)18/h2-5,10-18H,6-7H2,1H3. The molecule has 1 saturated heterocycles. The topological polar surface area (TPSA) is 99.4 Å². The third kappa shape index (κ3) is 3.35. The minimum absolute atomic E-state index is 0.180. The van der Waals surface area contributed by atoms with Crippen LogP contribution in [0.3, 0.4) is 0 Å². The van der Waals surface area contributed by atoms with E-state index in [1.807, 2.05) is 31.2 Å². The zero-order valence-corrected chi connectivity index (χ0v) is 11.2. The first-order chi connectivity index (χ1) is 9.52. The van der Waals surface area contributed by atoms with Crippen LogP contribution in [0, 0.1) is 6.92 Å². The van der Waals surface area contributed by atoms with Crippen molar-refractivity contribution >= 4 is 0 Å². The van der Waals surface area contributed by atoms with Crippen LogP contribution in [0.1, 0.15) is 11.1 Å². The van der Waals surface area contributed by atoms with Crippen LogP contribution in [0.25, 0.3) is 0 Å². The predicted octanol–water partition coefficient (Wildman–Crippen LogP) is -0.688. The Bertz CT molecular complexity index is 420. The van der Waals surface area contributed by atoms with Gasteiger partial charge in [0.1, 0.15) is 24.4 Å². The molecule has 20 heavy (non-hydrogen) atoms. The molecular formula is C14H20O6. The van der Waals surface area contributed by atoms with E-state index in [1.165, 1.54) is 0 Å². The average molecular weight is 284 g/mol. The summed E-state index contributed by atoms with van der Waals surface area (Å²) in [6.07, 6.45) is -6.09. The fraction of sp³-hybridized carbons (Fsp3) is 0.571. The van der Waals surface area contributed by atoms with Crippen LogP contribution in [0.2, 0.25) is 0 Å². The summed E-state index contributed by atoms with van der Waals surface area (Å²) in [4.78, 5) is 0. The number of aliphatic hydroxyl groups excluding tert-OH is 4. The Morgan fingerprint density at radius 2 is 1.75 bits per heavy atom. The van der Waals surface area contributed by atoms with Gasteiger partial charge in [-0.1, -0.05) is 29.8 Å². The first-order valence-corrected chi connectivity index (χ1v) is 6.50. The molecule has 0 bridgehead atoms. The van der Waals surface area contributed by atoms with Crippen LogP contribution in [-0.4, -0.2) is 57.7 Å². The maximum absolute atomic E-state index is 9.91. The lowest BCUT2D eigenvalue weighted by molar-refractivity contribution is -0.298. The molecule has 0 amide bonds. The number of aryl methyl sites for hydroxylation is 1. The van der Waals surface area contributed by atoms with Crippen molar-refractivity contribution in [3.05, 3.63) is 35.4 Å². The molecule has 1 heterocycles. The third-order valence-electron chi connectivity index (χ3n) is 3.41. The summed E-state index contributed by atoms with van der Waals surface area (Å²) < 4.78 is 10.4. The maximum Gasteiger partial charge on any atom is 0.184 e. The largest absolute Gasteiger partial charge is 0.394 e. The first-order valence-electron chi connectivity index (χ1n) is 6.50. The van der Waals surface area contributed by atoms with E-state index in [4.69, 9.17) is 14.6 Å². The molecule has 0 spiro atoms. The molecule has 6 nitrogen and oxygen atoms in total. The molecule has 0 aromatic heterocycles. The Kier molecular flexibility index (Phi) is 5.09. The normalized spacial score (nSPS) is 34.1. The molecule has 0 saturated carbocycles. The molecule has 112 valence electrons. The lowest BCUT2D eigenvalue weighted by Gasteiger charge is -2.39. The van der Waals surface area contributed by atoms with Gasteiger partial charge in [0.25, 0.3) is 0 Å². The van der Waals surface area contributed by atoms with Crippen LogP contribution >= 0.6 is 0 Å². The fourth-order valence-corrected chi connectivity index (χ4v) is 2.13. The molecule has 1 aromatic carbocycles. The Hall–Kier alpha value is -1.02. The molecule has 5 atom stereocenters. The van der Waals surface area contributed by atoms with Crippen molar-refractivity contribution in [1.82, 2.24) is 0 Å². The van der Waals surface area contributed by atoms with E-state index in [2.05, 4.69) is 0 Å². The molecule has 1 fully saturated rings. The second kappa shape index (κ2) is 6.62. The van der Waals surface area contributed by atoms with Crippen molar-refractivity contribution in [1.29, 1.82) is 0 Å². The van der Waals surface area contributed by atoms with Crippen molar-refractivity contribution in [3.8, 4) is 0 Å². The SMILES string of the molecule is Cc1ccc(COC2C(O)OC(CO)C(O)C2O)cc1. The van der Waals surface area contributed by atoms with Crippen molar-refractivity contribution in [2.24, 2.45) is 0 Å². The van der Waals surface area contributed by atoms with Gasteiger partial charge in [-0.05, 0) is 12.5 Å². The Morgan fingerprint density at radius 1 is 1.10 bits per heavy atom. The van der Waals surface area contributed by atoms with Gasteiger partial charge in [0.05, 0.1) is 13.2 Å². The molecule has 0 radical (unpaired) electrons. The molecule has 5 unspecified atom stereocenters. The Morgan fingerprint density at radius 3 is 2.35 bits per heavy atom. The zero-order valence-electron chi connectivity index (χ0n) is 11.2. The lowest BCUT2D eigenvalue weighted by atomic mass is 9.99. The summed E-state index contributed by atoms with van der Waals surface area (Å²) in [7, 11) is 0. The highest BCUT2D eigenvalue weighted by molar-refractivity contribution is 5.20. The highest BCUT2D eigenvalue weighted by Crippen LogP contribution is 2.23. The van der Waals surface area contributed by atoms with Crippen LogP contribution < -0.4 is 0 Å². The van der Waals surface area contributed by atoms with Gasteiger partial charge in [-0.3, -0.25) is 0 Å². The second-order valence-electron chi connectivity index (χ2n) is 4.99. The summed E-state index contributed by atoms with van der Waals surface area (Å²) in [6.45, 7) is 1.66. The molecule has 2 rings (SSSR count). The van der Waals surface area contributed by atoms with Gasteiger partial charge in [0.15, 0.2) is 6.29 Å². The summed E-state index contributed by atoms with van der Waals surface area (Å²) in [6, 6.07) is 7.62. The minimum Gasteiger partial charge on any atom is -0.394 e. The van der Waals surface area contributed by atoms with Gasteiger partial charge >= 0.3 is 0 Å². The second-order valence-corrected chi connectivity index (χ2v) is 4.99. The third-order valence-corrected chi connectivity index (χ3v) is 3.41. The number of rotatable bonds is 4. The number of benzene rings is 1. The highest BCUT2D eigenvalue weighted by atomic mass is 16.7. The van der Waals surface area contributed by atoms with Crippen LogP contribution in [0.4, 0.5) is 0 Å². The van der Waals surface area contributed by atoms with Gasteiger partial charge in [0, 0.05) is 0 Å². The lowest BCUT2D eigenvalue weighted by Crippen LogP contribution is -2.59. The smallest absolute Gasteiger partial charge is 0.184 e. The van der Waals surface area contributed by atoms with Gasteiger partial charge in [0.2, 0.25) is 0 Å². The van der Waals surface area contributed by atoms with E-state index in [1.54, 1.807) is 0 Å². The predicted molar refractivity (Wildman–Crippen MR) is 69.7 cm³/mol. The van der Waals surface area contributed by atoms with Crippen molar-refractivity contribution in [3.63, 3.8) is 0 Å². The minimum atomic E-state index is -1.39. The number of aliphatic hydroxyl groups is 4. The Balaban J connectivity index is 1.96. The molecule has 4 N–H and O–H groups in total. The quantitative estimate of drug-likeness (QED) is 0.584. The molecule has 1 aromatic rings. The van der Waals surface area contributed by atoms with Gasteiger partial charge in [-0.2, -0.15) is 0 Å². The van der Waals surface area contributed by atoms with Crippen molar-refractivity contribution in [2.75, 3.05) is 6.61 Å². The zero-order chi connectivity index (χ0) is 14.7. The van der Waals surface area contributed by atoms with Crippen LogP contribution in [0.15, 0.2) is 24.3 Å². The number of hydrogen-bond acceptors (Lipinski definition) is 6. The van der Waals surface area contributed by atoms with E-state index in [-0.39, 0.29) is 6.61 Å². The fourth-order valence-electron chi connectivity index (χ4n) is 2.13. The molecule has 0 aliphatic carbocycles. The summed E-state index contributed by atoms with van der Waals surface area (Å²) in [5, 5.41) is 38.4. The maximum atomic E-state index is 9.91. The number of hydrogen-bond donors (Lipinski definition) is 4. The van der Waals surface area contributed by atoms with E-state index in [9.17, 15) is 15.3 Å². The Labute approximate surface area is 117 Å². The average Bonchev–Trinajstić information content (AvgIpc) is 2.44. The molecular weight excluding hydrogens is 264 g/mol. The first kappa shape index (κ1) is 15.4. The van der Waals surface area contributed by atoms with Gasteiger partial charge < -0.3 is 29.9 Å². The summed E-state index contributed by atoms with van der Waals surface area (Å²) in [5.41, 5.74) is 2.00. The van der Waals surface area contributed by atoms with E-state index >= 15 is 0 Å². The van der Waals surface area contributed by atoms with Gasteiger partial charge in [-0.15, -0.1) is 0 Å². The van der Waals surface area contributed by atoms with Gasteiger partial charge in [-0.25, -0.2) is 0 Å². The molecule has 1 aliphatic rings. The molecule has 6 heteroatoms. The van der Waals surface area contributed by atoms with Crippen molar-refractivity contribution < 1.29 is 29.9 Å². The van der Waals surface area contributed by atoms with E-state index in [0.717, 1.165) is 11.1 Å². The van der Waals surface area contributed by atoms with Crippen LogP contribution in [0.5, 0.6) is 0 Å². The summed E-state index contributed by atoms with van der Waals surface area (Å²) in [5.74, 6) is 0. The van der Waals surface area contributed by atoms with Crippen LogP contribution in [-0.2, 0) is 16.1 Å². The highest BCUT2D eigenvalue weighted by Gasteiger charge is 2.44. The van der Waals surface area contributed by atoms with E-state index < -0.39 is 37.3 Å². The summed E-state index contributed by atoms with van der Waals surface area (Å²) >= 11 is 0. The monoisotopic (exact) mass is 284 g/mol.